The molecule has 2 rings (SSSR count). The molecule has 0 aromatic heterocycles. The molecule has 0 radical (unpaired) electrons. The second-order valence-electron chi connectivity index (χ2n) is 6.46. The van der Waals surface area contributed by atoms with Gasteiger partial charge in [0.15, 0.2) is 0 Å². The van der Waals surface area contributed by atoms with Crippen LogP contribution < -0.4 is 10.5 Å². The van der Waals surface area contributed by atoms with Crippen molar-refractivity contribution in [2.45, 2.75) is 39.2 Å². The van der Waals surface area contributed by atoms with Gasteiger partial charge in [-0.1, -0.05) is 31.9 Å². The maximum atomic E-state index is 5.86. The van der Waals surface area contributed by atoms with Crippen LogP contribution in [0.1, 0.15) is 38.2 Å². The first kappa shape index (κ1) is 18.2. The highest BCUT2D eigenvalue weighted by atomic mass is 16.5. The van der Waals surface area contributed by atoms with E-state index < -0.39 is 0 Å². The van der Waals surface area contributed by atoms with Crippen LogP contribution in [0.25, 0.3) is 0 Å². The Balaban J connectivity index is 1.73. The minimum Gasteiger partial charge on any atom is -0.494 e. The minimum absolute atomic E-state index is 0.797. The van der Waals surface area contributed by atoms with E-state index in [9.17, 15) is 0 Å². The molecule has 0 aliphatic carbocycles. The van der Waals surface area contributed by atoms with Gasteiger partial charge in [0.2, 0.25) is 0 Å². The second-order valence-corrected chi connectivity index (χ2v) is 6.46. The minimum atomic E-state index is 0.797. The van der Waals surface area contributed by atoms with Crippen molar-refractivity contribution in [3.8, 4) is 5.75 Å². The molecule has 4 nitrogen and oxygen atoms in total. The number of ether oxygens (including phenoxy) is 1. The van der Waals surface area contributed by atoms with E-state index in [1.807, 2.05) is 0 Å². The number of rotatable bonds is 10. The number of unbranched alkanes of at least 4 members (excludes halogenated alkanes) is 2. The smallest absolute Gasteiger partial charge is 0.119 e. The van der Waals surface area contributed by atoms with Gasteiger partial charge in [-0.3, -0.25) is 4.90 Å². The van der Waals surface area contributed by atoms with Crippen molar-refractivity contribution < 1.29 is 4.74 Å². The number of hydrogen-bond acceptors (Lipinski definition) is 4. The Hall–Kier alpha value is -1.10. The molecule has 1 aliphatic rings. The molecule has 0 bridgehead atoms. The van der Waals surface area contributed by atoms with Gasteiger partial charge in [0.05, 0.1) is 6.61 Å². The molecule has 1 aromatic rings. The third-order valence-electron chi connectivity index (χ3n) is 4.46. The van der Waals surface area contributed by atoms with Crippen molar-refractivity contribution in [3.05, 3.63) is 29.8 Å². The topological polar surface area (TPSA) is 41.7 Å². The normalized spacial score (nSPS) is 16.6. The molecule has 1 saturated heterocycles. The summed E-state index contributed by atoms with van der Waals surface area (Å²) in [5.41, 5.74) is 6.95. The van der Waals surface area contributed by atoms with Crippen LogP contribution in [0.5, 0.6) is 5.75 Å². The van der Waals surface area contributed by atoms with E-state index >= 15 is 0 Å². The maximum absolute atomic E-state index is 5.86. The van der Waals surface area contributed by atoms with Gasteiger partial charge < -0.3 is 15.4 Å². The van der Waals surface area contributed by atoms with Crippen LogP contribution in [0.3, 0.4) is 0 Å². The average Bonchev–Trinajstić information content (AvgIpc) is 2.59. The first-order chi connectivity index (χ1) is 11.3. The lowest BCUT2D eigenvalue weighted by Crippen LogP contribution is -2.46. The Bertz CT molecular complexity index is 430. The lowest BCUT2D eigenvalue weighted by Gasteiger charge is -2.34. The van der Waals surface area contributed by atoms with Crippen LogP contribution in [0, 0.1) is 0 Å². The van der Waals surface area contributed by atoms with Crippen molar-refractivity contribution in [1.82, 2.24) is 9.80 Å². The quantitative estimate of drug-likeness (QED) is 0.673. The van der Waals surface area contributed by atoms with Crippen molar-refractivity contribution in [3.63, 3.8) is 0 Å². The van der Waals surface area contributed by atoms with Crippen LogP contribution >= 0.6 is 0 Å². The number of hydrogen-bond donors (Lipinski definition) is 1. The van der Waals surface area contributed by atoms with Crippen molar-refractivity contribution in [2.24, 2.45) is 5.73 Å². The summed E-state index contributed by atoms with van der Waals surface area (Å²) in [4.78, 5) is 5.06. The van der Waals surface area contributed by atoms with Gasteiger partial charge in [0.25, 0.3) is 0 Å². The number of benzene rings is 1. The molecule has 0 unspecified atom stereocenters. The fourth-order valence-corrected chi connectivity index (χ4v) is 3.02. The zero-order chi connectivity index (χ0) is 16.3. The van der Waals surface area contributed by atoms with Crippen molar-refractivity contribution in [2.75, 3.05) is 45.9 Å². The molecule has 130 valence electrons. The van der Waals surface area contributed by atoms with E-state index in [2.05, 4.69) is 41.0 Å². The Morgan fingerprint density at radius 2 is 1.83 bits per heavy atom. The number of piperazine rings is 1. The molecule has 1 heterocycles. The van der Waals surface area contributed by atoms with Gasteiger partial charge in [-0.15, -0.1) is 0 Å². The molecule has 1 fully saturated rings. The monoisotopic (exact) mass is 319 g/mol. The van der Waals surface area contributed by atoms with Gasteiger partial charge in [-0.05, 0) is 43.6 Å². The molecular formula is C19H33N3O. The summed E-state index contributed by atoms with van der Waals surface area (Å²) in [6.07, 6.45) is 4.73. The van der Waals surface area contributed by atoms with E-state index in [1.54, 1.807) is 0 Å². The van der Waals surface area contributed by atoms with Crippen molar-refractivity contribution >= 4 is 0 Å². The number of nitrogens with two attached hydrogens (primary N) is 1. The van der Waals surface area contributed by atoms with Crippen molar-refractivity contribution in [1.29, 1.82) is 0 Å². The Kier molecular flexibility index (Phi) is 8.43. The zero-order valence-electron chi connectivity index (χ0n) is 14.7. The molecule has 0 saturated carbocycles. The molecule has 0 atom stereocenters. The van der Waals surface area contributed by atoms with Crippen LogP contribution in [-0.4, -0.2) is 55.7 Å². The summed E-state index contributed by atoms with van der Waals surface area (Å²) in [7, 11) is 0. The van der Waals surface area contributed by atoms with Crippen LogP contribution in [0.15, 0.2) is 24.3 Å². The summed E-state index contributed by atoms with van der Waals surface area (Å²) >= 11 is 0. The fourth-order valence-electron chi connectivity index (χ4n) is 3.02. The number of nitrogens with zero attached hydrogens (tertiary/aromatic N) is 2. The van der Waals surface area contributed by atoms with E-state index in [4.69, 9.17) is 10.5 Å². The van der Waals surface area contributed by atoms with Crippen LogP contribution in [-0.2, 0) is 6.54 Å². The van der Waals surface area contributed by atoms with E-state index in [-0.39, 0.29) is 0 Å². The fraction of sp³-hybridized carbons (Fsp3) is 0.684. The summed E-state index contributed by atoms with van der Waals surface area (Å²) in [6.45, 7) is 10.6. The van der Waals surface area contributed by atoms with E-state index in [0.717, 1.165) is 71.0 Å². The Morgan fingerprint density at radius 1 is 1.04 bits per heavy atom. The average molecular weight is 319 g/mol. The van der Waals surface area contributed by atoms with Crippen LogP contribution in [0.2, 0.25) is 0 Å². The lowest BCUT2D eigenvalue weighted by atomic mass is 10.2. The van der Waals surface area contributed by atoms with Gasteiger partial charge in [0, 0.05) is 32.7 Å². The third kappa shape index (κ3) is 6.90. The summed E-state index contributed by atoms with van der Waals surface area (Å²) in [6, 6.07) is 8.59. The molecule has 0 amide bonds. The summed E-state index contributed by atoms with van der Waals surface area (Å²) in [5.74, 6) is 1.01. The molecule has 2 N–H and O–H groups in total. The maximum Gasteiger partial charge on any atom is 0.119 e. The van der Waals surface area contributed by atoms with Gasteiger partial charge in [-0.2, -0.15) is 0 Å². The Morgan fingerprint density at radius 3 is 2.57 bits per heavy atom. The van der Waals surface area contributed by atoms with Gasteiger partial charge >= 0.3 is 0 Å². The molecule has 23 heavy (non-hydrogen) atoms. The first-order valence-electron chi connectivity index (χ1n) is 9.18. The molecule has 4 heteroatoms. The van der Waals surface area contributed by atoms with E-state index in [0.29, 0.717) is 0 Å². The van der Waals surface area contributed by atoms with Gasteiger partial charge in [0.1, 0.15) is 5.75 Å². The summed E-state index contributed by atoms with van der Waals surface area (Å²) < 4.78 is 5.86. The molecule has 1 aromatic carbocycles. The molecule has 0 spiro atoms. The summed E-state index contributed by atoms with van der Waals surface area (Å²) in [5, 5.41) is 0. The largest absolute Gasteiger partial charge is 0.494 e. The SMILES string of the molecule is CCCCCOc1cccc(CN2CCN(CCCN)CC2)c1. The van der Waals surface area contributed by atoms with E-state index in [1.165, 1.54) is 18.4 Å². The lowest BCUT2D eigenvalue weighted by molar-refractivity contribution is 0.126. The Labute approximate surface area is 141 Å². The molecule has 1 aliphatic heterocycles. The second kappa shape index (κ2) is 10.6. The standard InChI is InChI=1S/C19H33N3O/c1-2-3-4-15-23-19-8-5-7-18(16-19)17-22-13-11-21(12-14-22)10-6-9-20/h5,7-8,16H,2-4,6,9-15,17,20H2,1H3. The highest BCUT2D eigenvalue weighted by Crippen LogP contribution is 2.16. The predicted molar refractivity (Wildman–Crippen MR) is 96.9 cm³/mol. The predicted octanol–water partition coefficient (Wildman–Crippen LogP) is 2.72. The highest BCUT2D eigenvalue weighted by Gasteiger charge is 2.16. The van der Waals surface area contributed by atoms with Crippen LogP contribution in [0.4, 0.5) is 0 Å². The third-order valence-corrected chi connectivity index (χ3v) is 4.46. The first-order valence-corrected chi connectivity index (χ1v) is 9.18. The van der Waals surface area contributed by atoms with Gasteiger partial charge in [-0.25, -0.2) is 0 Å². The zero-order valence-corrected chi connectivity index (χ0v) is 14.7. The molecular weight excluding hydrogens is 286 g/mol. The highest BCUT2D eigenvalue weighted by molar-refractivity contribution is 5.28.